The van der Waals surface area contributed by atoms with Crippen LogP contribution in [0.2, 0.25) is 0 Å². The van der Waals surface area contributed by atoms with E-state index in [1.807, 2.05) is 0 Å². The molecule has 0 amide bonds. The Labute approximate surface area is 167 Å². The summed E-state index contributed by atoms with van der Waals surface area (Å²) in [5.41, 5.74) is -1.64. The van der Waals surface area contributed by atoms with Gasteiger partial charge >= 0.3 is 6.18 Å². The highest BCUT2D eigenvalue weighted by Crippen LogP contribution is 2.45. The summed E-state index contributed by atoms with van der Waals surface area (Å²) in [5.74, 6) is 5.13. The number of rotatable bonds is 5. The lowest BCUT2D eigenvalue weighted by Gasteiger charge is -2.39. The third kappa shape index (κ3) is 4.33. The maximum atomic E-state index is 14.0. The highest BCUT2D eigenvalue weighted by atomic mass is 19.4. The van der Waals surface area contributed by atoms with Crippen LogP contribution < -0.4 is 11.2 Å². The van der Waals surface area contributed by atoms with Crippen LogP contribution in [0.1, 0.15) is 37.8 Å². The van der Waals surface area contributed by atoms with Crippen molar-refractivity contribution in [3.05, 3.63) is 71.0 Å². The Hall–Kier alpha value is -2.32. The van der Waals surface area contributed by atoms with E-state index in [1.165, 1.54) is 23.2 Å². The molecule has 0 aromatic heterocycles. The van der Waals surface area contributed by atoms with Crippen molar-refractivity contribution in [2.24, 2.45) is 5.84 Å². The van der Waals surface area contributed by atoms with Gasteiger partial charge in [-0.1, -0.05) is 26.0 Å². The predicted molar refractivity (Wildman–Crippen MR) is 103 cm³/mol. The zero-order valence-electron chi connectivity index (χ0n) is 16.5. The van der Waals surface area contributed by atoms with Crippen LogP contribution in [-0.4, -0.2) is 27.9 Å². The standard InChI is InChI=1S/C21H25F4N3O/c1-13-4-5-15(22)9-17(13)19(2,3)12-20(29,21(23,24)25)10-16-8-14-6-7-28(26)11-18(14)27-16/h4-9,11,16,27,29H,10,12,26H2,1-3H3. The summed E-state index contributed by atoms with van der Waals surface area (Å²) in [6.45, 7) is 4.89. The molecule has 2 heterocycles. The maximum absolute atomic E-state index is 14.0. The van der Waals surface area contributed by atoms with E-state index in [4.69, 9.17) is 5.84 Å². The Morgan fingerprint density at radius 1 is 1.24 bits per heavy atom. The summed E-state index contributed by atoms with van der Waals surface area (Å²) in [5, 5.41) is 15.1. The molecule has 2 aliphatic heterocycles. The lowest BCUT2D eigenvalue weighted by molar-refractivity contribution is -0.270. The molecule has 0 aliphatic carbocycles. The number of aliphatic hydroxyl groups is 1. The third-order valence-electron chi connectivity index (χ3n) is 5.49. The van der Waals surface area contributed by atoms with E-state index in [1.54, 1.807) is 45.3 Å². The molecule has 2 aliphatic rings. The minimum absolute atomic E-state index is 0.441. The van der Waals surface area contributed by atoms with Gasteiger partial charge in [-0.25, -0.2) is 10.2 Å². The van der Waals surface area contributed by atoms with Crippen molar-refractivity contribution in [1.82, 2.24) is 10.3 Å². The largest absolute Gasteiger partial charge is 0.417 e. The van der Waals surface area contributed by atoms with Crippen LogP contribution in [0.4, 0.5) is 17.6 Å². The number of hydrazine groups is 1. The van der Waals surface area contributed by atoms with Gasteiger partial charge in [0.25, 0.3) is 0 Å². The molecular weight excluding hydrogens is 386 g/mol. The second-order valence-electron chi connectivity index (χ2n) is 8.43. The fourth-order valence-corrected chi connectivity index (χ4v) is 4.16. The van der Waals surface area contributed by atoms with Gasteiger partial charge < -0.3 is 10.4 Å². The van der Waals surface area contributed by atoms with Gasteiger partial charge in [0.05, 0.1) is 5.70 Å². The first-order valence-electron chi connectivity index (χ1n) is 9.28. The fraction of sp³-hybridized carbons (Fsp3) is 0.429. The number of allylic oxidation sites excluding steroid dienone is 1. The summed E-state index contributed by atoms with van der Waals surface area (Å²) in [6, 6.07) is 3.32. The molecule has 0 fully saturated rings. The second kappa shape index (κ2) is 7.18. The number of fused-ring (bicyclic) bond motifs is 1. The number of halogens is 4. The van der Waals surface area contributed by atoms with Gasteiger partial charge in [-0.05, 0) is 53.7 Å². The average Bonchev–Trinajstić information content (AvgIpc) is 2.96. The van der Waals surface area contributed by atoms with E-state index in [9.17, 15) is 22.7 Å². The molecule has 0 radical (unpaired) electrons. The molecule has 0 spiro atoms. The van der Waals surface area contributed by atoms with E-state index < -0.39 is 41.9 Å². The summed E-state index contributed by atoms with van der Waals surface area (Å²) >= 11 is 0. The molecule has 2 atom stereocenters. The summed E-state index contributed by atoms with van der Waals surface area (Å²) in [4.78, 5) is 0. The summed E-state index contributed by atoms with van der Waals surface area (Å²) < 4.78 is 55.7. The van der Waals surface area contributed by atoms with Gasteiger partial charge in [0.2, 0.25) is 0 Å². The third-order valence-corrected chi connectivity index (χ3v) is 5.49. The van der Waals surface area contributed by atoms with Crippen molar-refractivity contribution >= 4 is 0 Å². The minimum atomic E-state index is -4.86. The lowest BCUT2D eigenvalue weighted by Crippen LogP contribution is -2.52. The number of benzene rings is 1. The first-order chi connectivity index (χ1) is 13.3. The van der Waals surface area contributed by atoms with Crippen LogP contribution in [-0.2, 0) is 5.41 Å². The Morgan fingerprint density at radius 3 is 2.59 bits per heavy atom. The minimum Gasteiger partial charge on any atom is -0.380 e. The molecule has 1 aromatic carbocycles. The number of hydrogen-bond donors (Lipinski definition) is 3. The zero-order valence-corrected chi connectivity index (χ0v) is 16.5. The van der Waals surface area contributed by atoms with Gasteiger partial charge in [0.1, 0.15) is 5.82 Å². The number of nitrogens with one attached hydrogen (secondary N) is 1. The summed E-state index contributed by atoms with van der Waals surface area (Å²) in [6.07, 6.45) is 0.454. The van der Waals surface area contributed by atoms with Crippen LogP contribution in [0.3, 0.4) is 0 Å². The van der Waals surface area contributed by atoms with E-state index in [2.05, 4.69) is 5.32 Å². The highest BCUT2D eigenvalue weighted by molar-refractivity contribution is 5.46. The van der Waals surface area contributed by atoms with Gasteiger partial charge in [-0.2, -0.15) is 13.2 Å². The van der Waals surface area contributed by atoms with Crippen molar-refractivity contribution in [1.29, 1.82) is 0 Å². The van der Waals surface area contributed by atoms with Crippen LogP contribution >= 0.6 is 0 Å². The molecular formula is C21H25F4N3O. The average molecular weight is 411 g/mol. The maximum Gasteiger partial charge on any atom is 0.417 e. The SMILES string of the molecule is Cc1ccc(F)cc1C(C)(C)CC(O)(CC1C=C2C=CN(N)C=C2N1)C(F)(F)F. The molecule has 4 N–H and O–H groups in total. The number of nitrogens with zero attached hydrogens (tertiary/aromatic N) is 1. The molecule has 3 rings (SSSR count). The molecule has 0 saturated heterocycles. The zero-order chi connectivity index (χ0) is 21.6. The van der Waals surface area contributed by atoms with Gasteiger partial charge in [0.15, 0.2) is 5.60 Å². The van der Waals surface area contributed by atoms with E-state index in [0.717, 1.165) is 5.57 Å². The molecule has 4 nitrogen and oxygen atoms in total. The van der Waals surface area contributed by atoms with Crippen LogP contribution in [0.15, 0.2) is 54.0 Å². The van der Waals surface area contributed by atoms with Crippen molar-refractivity contribution < 1.29 is 22.7 Å². The Kier molecular flexibility index (Phi) is 5.29. The van der Waals surface area contributed by atoms with E-state index >= 15 is 0 Å². The molecule has 29 heavy (non-hydrogen) atoms. The molecule has 8 heteroatoms. The molecule has 158 valence electrons. The van der Waals surface area contributed by atoms with Crippen molar-refractivity contribution in [2.45, 2.75) is 56.8 Å². The Bertz CT molecular complexity index is 888. The molecule has 0 saturated carbocycles. The van der Waals surface area contributed by atoms with Gasteiger partial charge in [-0.3, -0.25) is 5.01 Å². The highest BCUT2D eigenvalue weighted by Gasteiger charge is 2.56. The normalized spacial score (nSPS) is 21.3. The Balaban J connectivity index is 1.88. The molecule has 2 unspecified atom stereocenters. The first-order valence-corrected chi connectivity index (χ1v) is 9.28. The predicted octanol–water partition coefficient (Wildman–Crippen LogP) is 3.93. The van der Waals surface area contributed by atoms with Crippen molar-refractivity contribution in [3.63, 3.8) is 0 Å². The van der Waals surface area contributed by atoms with Crippen LogP contribution in [0.25, 0.3) is 0 Å². The molecule has 0 bridgehead atoms. The van der Waals surface area contributed by atoms with Gasteiger partial charge in [0, 0.05) is 24.9 Å². The monoisotopic (exact) mass is 411 g/mol. The van der Waals surface area contributed by atoms with Crippen LogP contribution in [0.5, 0.6) is 0 Å². The van der Waals surface area contributed by atoms with E-state index in [0.29, 0.717) is 16.8 Å². The Morgan fingerprint density at radius 2 is 1.93 bits per heavy atom. The topological polar surface area (TPSA) is 61.5 Å². The number of alkyl halides is 3. The van der Waals surface area contributed by atoms with Crippen LogP contribution in [0, 0.1) is 12.7 Å². The fourth-order valence-electron chi connectivity index (χ4n) is 4.16. The second-order valence-corrected chi connectivity index (χ2v) is 8.43. The van der Waals surface area contributed by atoms with Crippen molar-refractivity contribution in [2.75, 3.05) is 0 Å². The lowest BCUT2D eigenvalue weighted by atomic mass is 9.72. The summed E-state index contributed by atoms with van der Waals surface area (Å²) in [7, 11) is 0. The number of aryl methyl sites for hydroxylation is 1. The number of nitrogens with two attached hydrogens (primary N) is 1. The smallest absolute Gasteiger partial charge is 0.380 e. The van der Waals surface area contributed by atoms with Gasteiger partial charge in [-0.15, -0.1) is 0 Å². The first kappa shape index (κ1) is 21.4. The van der Waals surface area contributed by atoms with Crippen molar-refractivity contribution in [3.8, 4) is 0 Å². The van der Waals surface area contributed by atoms with E-state index in [-0.39, 0.29) is 0 Å². The quantitative estimate of drug-likeness (QED) is 0.508. The molecule has 1 aromatic rings. The number of hydrogen-bond acceptors (Lipinski definition) is 4.